The Kier molecular flexibility index (Phi) is 4.72. The van der Waals surface area contributed by atoms with E-state index in [1.54, 1.807) is 0 Å². The van der Waals surface area contributed by atoms with Crippen molar-refractivity contribution in [2.45, 2.75) is 58.3 Å². The summed E-state index contributed by atoms with van der Waals surface area (Å²) in [6.45, 7) is 3.97. The molecule has 26 heavy (non-hydrogen) atoms. The molecule has 1 saturated carbocycles. The minimum Gasteiger partial charge on any atom is -0.303 e. The molecule has 0 saturated heterocycles. The summed E-state index contributed by atoms with van der Waals surface area (Å²) in [6.07, 6.45) is 8.44. The summed E-state index contributed by atoms with van der Waals surface area (Å²) in [5.41, 5.74) is 3.81. The van der Waals surface area contributed by atoms with Crippen LogP contribution in [0.25, 0.3) is 5.65 Å². The van der Waals surface area contributed by atoms with Gasteiger partial charge in [0.25, 0.3) is 0 Å². The molecule has 3 aromatic rings. The number of aryl methyl sites for hydroxylation is 2. The minimum atomic E-state index is -0.0808. The molecular weight excluding hydrogens is 346 g/mol. The number of carbonyl (C=O) groups is 1. The van der Waals surface area contributed by atoms with E-state index < -0.39 is 0 Å². The van der Waals surface area contributed by atoms with Gasteiger partial charge in [0.2, 0.25) is 11.0 Å². The summed E-state index contributed by atoms with van der Waals surface area (Å²) in [5, 5.41) is 13.0. The van der Waals surface area contributed by atoms with E-state index in [1.807, 2.05) is 36.6 Å². The molecule has 0 unspecified atom stereocenters. The van der Waals surface area contributed by atoms with Crippen molar-refractivity contribution in [3.8, 4) is 0 Å². The Bertz CT molecular complexity index is 939. The van der Waals surface area contributed by atoms with Crippen molar-refractivity contribution < 1.29 is 4.79 Å². The van der Waals surface area contributed by atoms with Crippen LogP contribution in [0.5, 0.6) is 0 Å². The minimum absolute atomic E-state index is 0.0808. The number of hydrogen-bond donors (Lipinski definition) is 1. The lowest BCUT2D eigenvalue weighted by atomic mass is 9.90. The van der Waals surface area contributed by atoms with E-state index in [0.29, 0.717) is 11.0 Å². The fourth-order valence-electron chi connectivity index (χ4n) is 3.69. The Morgan fingerprint density at radius 1 is 1.27 bits per heavy atom. The summed E-state index contributed by atoms with van der Waals surface area (Å²) < 4.78 is 2.00. The SMILES string of the molecule is Cc1nc2c(C)cccn2c1CC(=O)Nc1nnc(C2CCCCC2)s1. The van der Waals surface area contributed by atoms with Gasteiger partial charge in [0.15, 0.2) is 0 Å². The zero-order chi connectivity index (χ0) is 18.1. The fraction of sp³-hybridized carbons (Fsp3) is 0.474. The molecule has 3 heterocycles. The van der Waals surface area contributed by atoms with Crippen LogP contribution in [0.2, 0.25) is 0 Å². The third-order valence-corrected chi connectivity index (χ3v) is 6.11. The van der Waals surface area contributed by atoms with Crippen molar-refractivity contribution in [1.82, 2.24) is 19.6 Å². The molecule has 1 aliphatic carbocycles. The maximum Gasteiger partial charge on any atom is 0.232 e. The predicted octanol–water partition coefficient (Wildman–Crippen LogP) is 4.03. The van der Waals surface area contributed by atoms with Crippen LogP contribution >= 0.6 is 11.3 Å². The van der Waals surface area contributed by atoms with Crippen LogP contribution in [0.1, 0.15) is 60.0 Å². The van der Waals surface area contributed by atoms with Gasteiger partial charge in [-0.2, -0.15) is 0 Å². The summed E-state index contributed by atoms with van der Waals surface area (Å²) in [6, 6.07) is 4.01. The van der Waals surface area contributed by atoms with Gasteiger partial charge in [-0.1, -0.05) is 36.7 Å². The maximum absolute atomic E-state index is 12.5. The molecule has 0 bridgehead atoms. The number of fused-ring (bicyclic) bond motifs is 1. The molecule has 0 atom stereocenters. The first-order valence-corrected chi connectivity index (χ1v) is 10.00. The molecule has 7 heteroatoms. The number of amides is 1. The van der Waals surface area contributed by atoms with Gasteiger partial charge < -0.3 is 9.72 Å². The van der Waals surface area contributed by atoms with Crippen LogP contribution in [-0.4, -0.2) is 25.5 Å². The highest BCUT2D eigenvalue weighted by Gasteiger charge is 2.21. The normalized spacial score (nSPS) is 15.5. The molecule has 6 nitrogen and oxygen atoms in total. The van der Waals surface area contributed by atoms with E-state index >= 15 is 0 Å². The molecule has 4 rings (SSSR count). The van der Waals surface area contributed by atoms with Crippen molar-refractivity contribution in [2.75, 3.05) is 5.32 Å². The zero-order valence-electron chi connectivity index (χ0n) is 15.2. The summed E-state index contributed by atoms with van der Waals surface area (Å²) in [4.78, 5) is 17.1. The Labute approximate surface area is 156 Å². The smallest absolute Gasteiger partial charge is 0.232 e. The third-order valence-electron chi connectivity index (χ3n) is 5.11. The lowest BCUT2D eigenvalue weighted by molar-refractivity contribution is -0.115. The van der Waals surface area contributed by atoms with E-state index in [9.17, 15) is 4.79 Å². The number of nitrogens with one attached hydrogen (secondary N) is 1. The van der Waals surface area contributed by atoms with Gasteiger partial charge in [-0.05, 0) is 38.3 Å². The second-order valence-corrected chi connectivity index (χ2v) is 8.04. The Morgan fingerprint density at radius 3 is 2.88 bits per heavy atom. The number of carbonyl (C=O) groups excluding carboxylic acids is 1. The average Bonchev–Trinajstić information content (AvgIpc) is 3.22. The van der Waals surface area contributed by atoms with Crippen molar-refractivity contribution >= 4 is 28.0 Å². The molecule has 0 spiro atoms. The van der Waals surface area contributed by atoms with Crippen molar-refractivity contribution in [3.63, 3.8) is 0 Å². The molecule has 1 aliphatic rings. The second kappa shape index (κ2) is 7.15. The Morgan fingerprint density at radius 2 is 2.08 bits per heavy atom. The zero-order valence-corrected chi connectivity index (χ0v) is 16.0. The Hall–Kier alpha value is -2.28. The lowest BCUT2D eigenvalue weighted by Crippen LogP contribution is -2.16. The van der Waals surface area contributed by atoms with Gasteiger partial charge in [0, 0.05) is 12.1 Å². The van der Waals surface area contributed by atoms with Crippen LogP contribution in [0.3, 0.4) is 0 Å². The van der Waals surface area contributed by atoms with E-state index in [0.717, 1.165) is 27.6 Å². The highest BCUT2D eigenvalue weighted by atomic mass is 32.1. The largest absolute Gasteiger partial charge is 0.303 e. The fourth-order valence-corrected chi connectivity index (χ4v) is 4.62. The topological polar surface area (TPSA) is 72.2 Å². The quantitative estimate of drug-likeness (QED) is 0.753. The van der Waals surface area contributed by atoms with Crippen LogP contribution in [-0.2, 0) is 11.2 Å². The molecule has 1 N–H and O–H groups in total. The van der Waals surface area contributed by atoms with Gasteiger partial charge in [0.05, 0.1) is 17.8 Å². The van der Waals surface area contributed by atoms with Gasteiger partial charge in [-0.15, -0.1) is 10.2 Å². The van der Waals surface area contributed by atoms with E-state index in [-0.39, 0.29) is 12.3 Å². The van der Waals surface area contributed by atoms with Gasteiger partial charge in [0.1, 0.15) is 10.7 Å². The van der Waals surface area contributed by atoms with E-state index in [2.05, 4.69) is 20.5 Å². The molecular formula is C19H23N5OS. The predicted molar refractivity (Wildman–Crippen MR) is 103 cm³/mol. The highest BCUT2D eigenvalue weighted by molar-refractivity contribution is 7.15. The molecule has 1 amide bonds. The van der Waals surface area contributed by atoms with Crippen LogP contribution in [0, 0.1) is 13.8 Å². The first-order chi connectivity index (χ1) is 12.6. The maximum atomic E-state index is 12.5. The highest BCUT2D eigenvalue weighted by Crippen LogP contribution is 2.35. The van der Waals surface area contributed by atoms with Crippen molar-refractivity contribution in [3.05, 3.63) is 40.3 Å². The Balaban J connectivity index is 1.47. The monoisotopic (exact) mass is 369 g/mol. The molecule has 3 aromatic heterocycles. The third kappa shape index (κ3) is 3.35. The van der Waals surface area contributed by atoms with Gasteiger partial charge in [-0.3, -0.25) is 4.79 Å². The van der Waals surface area contributed by atoms with Gasteiger partial charge >= 0.3 is 0 Å². The standard InChI is InChI=1S/C19H23N5OS/c1-12-7-6-10-24-15(13(2)20-17(12)24)11-16(25)21-19-23-22-18(26-19)14-8-4-3-5-9-14/h6-7,10,14H,3-5,8-9,11H2,1-2H3,(H,21,23,25). The lowest BCUT2D eigenvalue weighted by Gasteiger charge is -2.18. The van der Waals surface area contributed by atoms with E-state index in [1.165, 1.54) is 43.4 Å². The van der Waals surface area contributed by atoms with Crippen LogP contribution < -0.4 is 5.32 Å². The molecule has 0 aromatic carbocycles. The molecule has 0 radical (unpaired) electrons. The van der Waals surface area contributed by atoms with Crippen molar-refractivity contribution in [2.24, 2.45) is 0 Å². The van der Waals surface area contributed by atoms with Crippen LogP contribution in [0.4, 0.5) is 5.13 Å². The first-order valence-electron chi connectivity index (χ1n) is 9.18. The second-order valence-electron chi connectivity index (χ2n) is 7.03. The number of aromatic nitrogens is 4. The van der Waals surface area contributed by atoms with E-state index in [4.69, 9.17) is 0 Å². The molecule has 1 fully saturated rings. The number of imidazole rings is 1. The number of hydrogen-bond acceptors (Lipinski definition) is 5. The summed E-state index contributed by atoms with van der Waals surface area (Å²) in [7, 11) is 0. The summed E-state index contributed by atoms with van der Waals surface area (Å²) in [5.74, 6) is 0.429. The molecule has 0 aliphatic heterocycles. The van der Waals surface area contributed by atoms with Crippen molar-refractivity contribution in [1.29, 1.82) is 0 Å². The number of nitrogens with zero attached hydrogens (tertiary/aromatic N) is 4. The molecule has 136 valence electrons. The number of anilines is 1. The number of pyridine rings is 1. The van der Waals surface area contributed by atoms with Crippen LogP contribution in [0.15, 0.2) is 18.3 Å². The number of rotatable bonds is 4. The average molecular weight is 369 g/mol. The first kappa shape index (κ1) is 17.1. The summed E-state index contributed by atoms with van der Waals surface area (Å²) >= 11 is 1.51. The van der Waals surface area contributed by atoms with Gasteiger partial charge in [-0.25, -0.2) is 4.98 Å².